The van der Waals surface area contributed by atoms with Gasteiger partial charge in [0.25, 0.3) is 5.56 Å². The van der Waals surface area contributed by atoms with Crippen molar-refractivity contribution in [2.24, 2.45) is 5.92 Å². The first-order valence-corrected chi connectivity index (χ1v) is 10.8. The van der Waals surface area contributed by atoms with Crippen molar-refractivity contribution in [3.8, 4) is 5.69 Å². The van der Waals surface area contributed by atoms with Crippen LogP contribution in [0.2, 0.25) is 0 Å². The third-order valence-corrected chi connectivity index (χ3v) is 6.53. The van der Waals surface area contributed by atoms with Gasteiger partial charge >= 0.3 is 0 Å². The number of likely N-dealkylation sites (tertiary alicyclic amines) is 1. The van der Waals surface area contributed by atoms with Crippen LogP contribution in [0.5, 0.6) is 0 Å². The Labute approximate surface area is 177 Å². The van der Waals surface area contributed by atoms with Crippen LogP contribution in [0.15, 0.2) is 65.6 Å². The minimum absolute atomic E-state index is 0.143. The summed E-state index contributed by atoms with van der Waals surface area (Å²) in [6, 6.07) is 18.4. The molecule has 0 N–H and O–H groups in total. The molecule has 0 unspecified atom stereocenters. The number of hydrogen-bond acceptors (Lipinski definition) is 4. The smallest absolute Gasteiger partial charge is 0.251 e. The molecule has 3 atom stereocenters. The third-order valence-electron chi connectivity index (χ3n) is 6.53. The lowest BCUT2D eigenvalue weighted by atomic mass is 9.78. The van der Waals surface area contributed by atoms with Gasteiger partial charge in [-0.05, 0) is 50.7 Å². The summed E-state index contributed by atoms with van der Waals surface area (Å²) in [4.78, 5) is 17.5. The largest absolute Gasteiger partial charge is 0.308 e. The van der Waals surface area contributed by atoms with Gasteiger partial charge in [0, 0.05) is 50.1 Å². The van der Waals surface area contributed by atoms with Gasteiger partial charge in [-0.2, -0.15) is 5.10 Å². The summed E-state index contributed by atoms with van der Waals surface area (Å²) in [5, 5.41) is 4.56. The monoisotopic (exact) mass is 403 g/mol. The van der Waals surface area contributed by atoms with Crippen molar-refractivity contribution in [1.29, 1.82) is 0 Å². The Kier molecular flexibility index (Phi) is 5.05. The second kappa shape index (κ2) is 7.85. The van der Waals surface area contributed by atoms with E-state index in [1.807, 2.05) is 35.1 Å². The molecule has 6 nitrogen and oxygen atoms in total. The van der Waals surface area contributed by atoms with Gasteiger partial charge in [0.2, 0.25) is 0 Å². The number of likely N-dealkylation sites (N-methyl/N-ethyl adjacent to an activating group) is 1. The second-order valence-corrected chi connectivity index (χ2v) is 8.95. The van der Waals surface area contributed by atoms with Crippen molar-refractivity contribution in [2.75, 3.05) is 33.7 Å². The summed E-state index contributed by atoms with van der Waals surface area (Å²) in [7, 11) is 4.19. The predicted octanol–water partition coefficient (Wildman–Crippen LogP) is 2.76. The summed E-state index contributed by atoms with van der Waals surface area (Å²) in [5.41, 5.74) is 3.64. The molecular weight excluding hydrogens is 374 g/mol. The maximum Gasteiger partial charge on any atom is 0.251 e. The molecule has 0 amide bonds. The minimum atomic E-state index is 0.143. The summed E-state index contributed by atoms with van der Waals surface area (Å²) in [6.07, 6.45) is 3.05. The van der Waals surface area contributed by atoms with Gasteiger partial charge in [0.05, 0.1) is 17.4 Å². The van der Waals surface area contributed by atoms with Crippen LogP contribution < -0.4 is 5.56 Å². The Morgan fingerprint density at radius 3 is 2.67 bits per heavy atom. The average Bonchev–Trinajstić information content (AvgIpc) is 3.20. The van der Waals surface area contributed by atoms with Gasteiger partial charge < -0.3 is 9.47 Å². The predicted molar refractivity (Wildman–Crippen MR) is 118 cm³/mol. The van der Waals surface area contributed by atoms with Gasteiger partial charge in [0.1, 0.15) is 0 Å². The van der Waals surface area contributed by atoms with Crippen molar-refractivity contribution < 1.29 is 0 Å². The molecule has 30 heavy (non-hydrogen) atoms. The van der Waals surface area contributed by atoms with Crippen LogP contribution in [0.4, 0.5) is 0 Å². The molecule has 3 aromatic rings. The molecule has 0 aliphatic carbocycles. The van der Waals surface area contributed by atoms with E-state index in [-0.39, 0.29) is 11.6 Å². The number of rotatable bonds is 5. The fourth-order valence-electron chi connectivity index (χ4n) is 5.36. The van der Waals surface area contributed by atoms with Crippen molar-refractivity contribution in [1.82, 2.24) is 24.1 Å². The lowest BCUT2D eigenvalue weighted by molar-refractivity contribution is 0.0731. The molecule has 1 saturated heterocycles. The molecule has 6 heteroatoms. The Morgan fingerprint density at radius 2 is 1.87 bits per heavy atom. The fourth-order valence-corrected chi connectivity index (χ4v) is 5.36. The lowest BCUT2D eigenvalue weighted by Crippen LogP contribution is -2.51. The zero-order valence-corrected chi connectivity index (χ0v) is 17.7. The zero-order chi connectivity index (χ0) is 20.7. The summed E-state index contributed by atoms with van der Waals surface area (Å²) < 4.78 is 4.13. The Bertz CT molecular complexity index is 1070. The van der Waals surface area contributed by atoms with E-state index in [0.29, 0.717) is 11.8 Å². The molecule has 2 bridgehead atoms. The number of piperidine rings is 1. The quantitative estimate of drug-likeness (QED) is 0.657. The van der Waals surface area contributed by atoms with E-state index < -0.39 is 0 Å². The molecule has 156 valence electrons. The fraction of sp³-hybridized carbons (Fsp3) is 0.417. The van der Waals surface area contributed by atoms with E-state index in [2.05, 4.69) is 57.8 Å². The van der Waals surface area contributed by atoms with Gasteiger partial charge in [0.15, 0.2) is 0 Å². The van der Waals surface area contributed by atoms with Crippen LogP contribution in [-0.2, 0) is 6.54 Å². The number of hydrogen-bond donors (Lipinski definition) is 0. The average molecular weight is 404 g/mol. The van der Waals surface area contributed by atoms with Crippen LogP contribution in [0.3, 0.4) is 0 Å². The van der Waals surface area contributed by atoms with Crippen LogP contribution >= 0.6 is 0 Å². The van der Waals surface area contributed by atoms with Crippen LogP contribution in [0.1, 0.15) is 29.8 Å². The highest BCUT2D eigenvalue weighted by Gasteiger charge is 2.40. The van der Waals surface area contributed by atoms with E-state index >= 15 is 0 Å². The molecule has 0 saturated carbocycles. The van der Waals surface area contributed by atoms with Gasteiger partial charge in [-0.25, -0.2) is 4.68 Å². The summed E-state index contributed by atoms with van der Waals surface area (Å²) in [6.45, 7) is 3.75. The third kappa shape index (κ3) is 3.50. The maximum absolute atomic E-state index is 12.7. The lowest BCUT2D eigenvalue weighted by Gasteiger charge is -2.47. The normalized spacial score (nSPS) is 23.5. The first kappa shape index (κ1) is 19.3. The molecule has 0 spiro atoms. The highest BCUT2D eigenvalue weighted by atomic mass is 16.1. The number of nitrogens with zero attached hydrogens (tertiary/aromatic N) is 5. The molecule has 2 aromatic heterocycles. The first-order chi connectivity index (χ1) is 14.6. The molecule has 1 fully saturated rings. The van der Waals surface area contributed by atoms with Crippen LogP contribution in [0, 0.1) is 5.92 Å². The molecule has 2 aliphatic heterocycles. The van der Waals surface area contributed by atoms with Crippen molar-refractivity contribution in [2.45, 2.75) is 24.9 Å². The first-order valence-electron chi connectivity index (χ1n) is 10.8. The van der Waals surface area contributed by atoms with E-state index in [0.717, 1.165) is 38.3 Å². The highest BCUT2D eigenvalue weighted by Crippen LogP contribution is 2.41. The SMILES string of the molecule is CN(C)C[C@H]1[C@H]2C[C@H](CN(Cc3ccnn3-c3ccccc3)C2)c2cccc(=O)n21. The molecule has 2 aliphatic rings. The van der Waals surface area contributed by atoms with E-state index in [1.54, 1.807) is 6.07 Å². The van der Waals surface area contributed by atoms with Crippen molar-refractivity contribution in [3.63, 3.8) is 0 Å². The number of aromatic nitrogens is 3. The van der Waals surface area contributed by atoms with Crippen LogP contribution in [0.25, 0.3) is 5.69 Å². The number of para-hydroxylation sites is 1. The Balaban J connectivity index is 1.44. The molecule has 5 rings (SSSR count). The highest BCUT2D eigenvalue weighted by molar-refractivity contribution is 5.32. The zero-order valence-electron chi connectivity index (χ0n) is 17.7. The van der Waals surface area contributed by atoms with Crippen LogP contribution in [-0.4, -0.2) is 57.9 Å². The standard InChI is InChI=1S/C24H29N5O/c1-26(2)17-23-19-13-18(22-9-6-10-24(30)28(22)23)14-27(15-19)16-21-11-12-25-29(21)20-7-4-3-5-8-20/h3-12,18-19,23H,13-17H2,1-2H3/t18-,19+,23+/m1/s1. The van der Waals surface area contributed by atoms with Crippen molar-refractivity contribution >= 4 is 0 Å². The number of pyridine rings is 1. The topological polar surface area (TPSA) is 46.3 Å². The van der Waals surface area contributed by atoms with E-state index in [1.165, 1.54) is 11.4 Å². The molecule has 1 aromatic carbocycles. The van der Waals surface area contributed by atoms with Gasteiger partial charge in [-0.15, -0.1) is 0 Å². The molecular formula is C24H29N5O. The molecule has 0 radical (unpaired) electrons. The Morgan fingerprint density at radius 1 is 1.03 bits per heavy atom. The minimum Gasteiger partial charge on any atom is -0.308 e. The number of fused-ring (bicyclic) bond motifs is 4. The van der Waals surface area contributed by atoms with Crippen molar-refractivity contribution in [3.05, 3.63) is 82.5 Å². The summed E-state index contributed by atoms with van der Waals surface area (Å²) in [5.74, 6) is 0.885. The van der Waals surface area contributed by atoms with E-state index in [9.17, 15) is 4.79 Å². The second-order valence-electron chi connectivity index (χ2n) is 8.95. The maximum atomic E-state index is 12.7. The summed E-state index contributed by atoms with van der Waals surface area (Å²) >= 11 is 0. The van der Waals surface area contributed by atoms with Gasteiger partial charge in [-0.3, -0.25) is 9.69 Å². The van der Waals surface area contributed by atoms with Gasteiger partial charge in [-0.1, -0.05) is 24.3 Å². The Hall–Kier alpha value is -2.70. The molecule has 4 heterocycles. The van der Waals surface area contributed by atoms with E-state index in [4.69, 9.17) is 0 Å². The number of benzene rings is 1.